The average molecular weight is 277 g/mol. The fraction of sp³-hybridized carbons (Fsp3) is 0.643. The molecule has 1 aromatic rings. The fourth-order valence-corrected chi connectivity index (χ4v) is 2.14. The summed E-state index contributed by atoms with van der Waals surface area (Å²) < 4.78 is 0. The molecule has 1 aromatic heterocycles. The van der Waals surface area contributed by atoms with E-state index in [0.717, 1.165) is 30.0 Å². The van der Waals surface area contributed by atoms with Crippen molar-refractivity contribution in [1.82, 2.24) is 15.3 Å². The zero-order chi connectivity index (χ0) is 14.5. The Bertz CT molecular complexity index is 471. The van der Waals surface area contributed by atoms with Gasteiger partial charge >= 0.3 is 0 Å². The van der Waals surface area contributed by atoms with E-state index in [1.54, 1.807) is 6.33 Å². The van der Waals surface area contributed by atoms with E-state index in [9.17, 15) is 4.79 Å². The third-order valence-electron chi connectivity index (χ3n) is 3.36. The van der Waals surface area contributed by atoms with Crippen molar-refractivity contribution in [2.45, 2.75) is 32.6 Å². The van der Waals surface area contributed by atoms with Crippen LogP contribution in [0.25, 0.3) is 0 Å². The molecular formula is C14H23N5O. The van der Waals surface area contributed by atoms with Crippen LogP contribution in [0.5, 0.6) is 0 Å². The first-order valence-corrected chi connectivity index (χ1v) is 7.17. The van der Waals surface area contributed by atoms with Crippen LogP contribution in [0, 0.1) is 5.92 Å². The second-order valence-corrected chi connectivity index (χ2v) is 5.38. The molecule has 0 radical (unpaired) electrons. The molecule has 6 nitrogen and oxygen atoms in total. The molecule has 0 saturated heterocycles. The highest BCUT2D eigenvalue weighted by molar-refractivity contribution is 5.80. The molecule has 0 bridgehead atoms. The SMILES string of the molecule is CNc1ncnc(NCCNC(=O)C2CC2)c1C(C)C. The van der Waals surface area contributed by atoms with Gasteiger partial charge in [-0.2, -0.15) is 0 Å². The van der Waals surface area contributed by atoms with E-state index in [4.69, 9.17) is 0 Å². The highest BCUT2D eigenvalue weighted by Crippen LogP contribution is 2.29. The van der Waals surface area contributed by atoms with Gasteiger partial charge < -0.3 is 16.0 Å². The number of carbonyl (C=O) groups excluding carboxylic acids is 1. The predicted molar refractivity (Wildman–Crippen MR) is 79.9 cm³/mol. The second kappa shape index (κ2) is 6.54. The molecule has 3 N–H and O–H groups in total. The summed E-state index contributed by atoms with van der Waals surface area (Å²) in [5.41, 5.74) is 1.07. The van der Waals surface area contributed by atoms with Gasteiger partial charge in [0.2, 0.25) is 5.91 Å². The second-order valence-electron chi connectivity index (χ2n) is 5.38. The van der Waals surface area contributed by atoms with E-state index >= 15 is 0 Å². The van der Waals surface area contributed by atoms with Crippen molar-refractivity contribution in [3.05, 3.63) is 11.9 Å². The Morgan fingerprint density at radius 1 is 1.30 bits per heavy atom. The van der Waals surface area contributed by atoms with E-state index in [1.165, 1.54) is 0 Å². The van der Waals surface area contributed by atoms with Gasteiger partial charge in [0.15, 0.2) is 0 Å². The summed E-state index contributed by atoms with van der Waals surface area (Å²) in [5.74, 6) is 2.44. The van der Waals surface area contributed by atoms with Crippen molar-refractivity contribution >= 4 is 17.5 Å². The van der Waals surface area contributed by atoms with E-state index in [1.807, 2.05) is 7.05 Å². The number of amides is 1. The highest BCUT2D eigenvalue weighted by atomic mass is 16.2. The van der Waals surface area contributed by atoms with E-state index in [2.05, 4.69) is 39.8 Å². The van der Waals surface area contributed by atoms with Crippen molar-refractivity contribution < 1.29 is 4.79 Å². The monoisotopic (exact) mass is 277 g/mol. The summed E-state index contributed by atoms with van der Waals surface area (Å²) in [7, 11) is 1.86. The lowest BCUT2D eigenvalue weighted by Crippen LogP contribution is -2.30. The van der Waals surface area contributed by atoms with Crippen LogP contribution in [-0.2, 0) is 4.79 Å². The maximum atomic E-state index is 11.5. The van der Waals surface area contributed by atoms with Crippen molar-refractivity contribution in [1.29, 1.82) is 0 Å². The number of hydrogen-bond acceptors (Lipinski definition) is 5. The van der Waals surface area contributed by atoms with Gasteiger partial charge in [0.1, 0.15) is 18.0 Å². The summed E-state index contributed by atoms with van der Waals surface area (Å²) >= 11 is 0. The topological polar surface area (TPSA) is 78.9 Å². The maximum Gasteiger partial charge on any atom is 0.223 e. The molecule has 1 aliphatic rings. The van der Waals surface area contributed by atoms with E-state index < -0.39 is 0 Å². The molecule has 1 heterocycles. The molecule has 0 aliphatic heterocycles. The van der Waals surface area contributed by atoms with Gasteiger partial charge in [0.25, 0.3) is 0 Å². The third kappa shape index (κ3) is 3.59. The standard InChI is InChI=1S/C14H23N5O/c1-9(2)11-12(15-3)18-8-19-13(11)16-6-7-17-14(20)10-4-5-10/h8-10H,4-7H2,1-3H3,(H,17,20)(H2,15,16,18,19). The van der Waals surface area contributed by atoms with Crippen molar-refractivity contribution in [2.75, 3.05) is 30.8 Å². The van der Waals surface area contributed by atoms with Gasteiger partial charge in [-0.05, 0) is 18.8 Å². The first-order valence-electron chi connectivity index (χ1n) is 7.17. The van der Waals surface area contributed by atoms with E-state index in [-0.39, 0.29) is 11.8 Å². The van der Waals surface area contributed by atoms with Crippen LogP contribution >= 0.6 is 0 Å². The molecule has 1 amide bonds. The quantitative estimate of drug-likeness (QED) is 0.659. The predicted octanol–water partition coefficient (Wildman–Crippen LogP) is 1.58. The Morgan fingerprint density at radius 2 is 2.00 bits per heavy atom. The average Bonchev–Trinajstić information content (AvgIpc) is 3.27. The van der Waals surface area contributed by atoms with Gasteiger partial charge in [-0.25, -0.2) is 9.97 Å². The molecule has 1 aliphatic carbocycles. The van der Waals surface area contributed by atoms with Crippen LogP contribution in [0.4, 0.5) is 11.6 Å². The third-order valence-corrected chi connectivity index (χ3v) is 3.36. The van der Waals surface area contributed by atoms with Crippen LogP contribution in [0.3, 0.4) is 0 Å². The number of nitrogens with one attached hydrogen (secondary N) is 3. The number of rotatable bonds is 7. The molecule has 2 rings (SSSR count). The Labute approximate surface area is 119 Å². The zero-order valence-electron chi connectivity index (χ0n) is 12.4. The molecular weight excluding hydrogens is 254 g/mol. The minimum atomic E-state index is 0.175. The molecule has 0 unspecified atom stereocenters. The summed E-state index contributed by atoms with van der Waals surface area (Å²) in [4.78, 5) is 20.1. The number of anilines is 2. The molecule has 110 valence electrons. The molecule has 6 heteroatoms. The summed E-state index contributed by atoms with van der Waals surface area (Å²) in [5, 5.41) is 9.30. The van der Waals surface area contributed by atoms with Crippen molar-refractivity contribution in [3.8, 4) is 0 Å². The van der Waals surface area contributed by atoms with Crippen molar-refractivity contribution in [3.63, 3.8) is 0 Å². The van der Waals surface area contributed by atoms with Crippen LogP contribution in [0.15, 0.2) is 6.33 Å². The molecule has 20 heavy (non-hydrogen) atoms. The largest absolute Gasteiger partial charge is 0.373 e. The molecule has 1 saturated carbocycles. The Hall–Kier alpha value is -1.85. The minimum Gasteiger partial charge on any atom is -0.373 e. The maximum absolute atomic E-state index is 11.5. The molecule has 0 atom stereocenters. The normalized spacial score (nSPS) is 14.2. The Kier molecular flexibility index (Phi) is 4.76. The van der Waals surface area contributed by atoms with Gasteiger partial charge in [-0.3, -0.25) is 4.79 Å². The fourth-order valence-electron chi connectivity index (χ4n) is 2.14. The van der Waals surface area contributed by atoms with Crippen molar-refractivity contribution in [2.24, 2.45) is 5.92 Å². The summed E-state index contributed by atoms with van der Waals surface area (Å²) in [6.07, 6.45) is 3.62. The smallest absolute Gasteiger partial charge is 0.223 e. The van der Waals surface area contributed by atoms with Crippen LogP contribution in [0.1, 0.15) is 38.2 Å². The number of carbonyl (C=O) groups is 1. The first kappa shape index (κ1) is 14.6. The number of nitrogens with zero attached hydrogens (tertiary/aromatic N) is 2. The summed E-state index contributed by atoms with van der Waals surface area (Å²) in [6, 6.07) is 0. The molecule has 0 spiro atoms. The van der Waals surface area contributed by atoms with Crippen LogP contribution < -0.4 is 16.0 Å². The highest BCUT2D eigenvalue weighted by Gasteiger charge is 2.28. The first-order chi connectivity index (χ1) is 9.63. The van der Waals surface area contributed by atoms with Gasteiger partial charge in [-0.1, -0.05) is 13.8 Å². The Morgan fingerprint density at radius 3 is 2.60 bits per heavy atom. The van der Waals surface area contributed by atoms with Gasteiger partial charge in [0, 0.05) is 31.6 Å². The lowest BCUT2D eigenvalue weighted by molar-refractivity contribution is -0.122. The lowest BCUT2D eigenvalue weighted by Gasteiger charge is -2.16. The van der Waals surface area contributed by atoms with E-state index in [0.29, 0.717) is 19.0 Å². The molecule has 1 fully saturated rings. The van der Waals surface area contributed by atoms with Gasteiger partial charge in [0.05, 0.1) is 0 Å². The number of hydrogen-bond donors (Lipinski definition) is 3. The number of aromatic nitrogens is 2. The summed E-state index contributed by atoms with van der Waals surface area (Å²) in [6.45, 7) is 5.50. The van der Waals surface area contributed by atoms with Gasteiger partial charge in [-0.15, -0.1) is 0 Å². The lowest BCUT2D eigenvalue weighted by atomic mass is 10.0. The van der Waals surface area contributed by atoms with Crippen LogP contribution in [0.2, 0.25) is 0 Å². The minimum absolute atomic E-state index is 0.175. The Balaban J connectivity index is 1.89. The molecule has 0 aromatic carbocycles. The van der Waals surface area contributed by atoms with Crippen LogP contribution in [-0.4, -0.2) is 36.0 Å². The zero-order valence-corrected chi connectivity index (χ0v) is 12.4.